The normalized spacial score (nSPS) is 10.9. The first-order chi connectivity index (χ1) is 11.3. The van der Waals surface area contributed by atoms with Crippen LogP contribution in [-0.2, 0) is 19.6 Å². The van der Waals surface area contributed by atoms with E-state index in [0.29, 0.717) is 11.4 Å². The highest BCUT2D eigenvalue weighted by molar-refractivity contribution is 7.89. The first-order valence-corrected chi connectivity index (χ1v) is 8.08. The number of anilines is 1. The Bertz CT molecular complexity index is 858. The van der Waals surface area contributed by atoms with Crippen LogP contribution in [0.25, 0.3) is 0 Å². The molecule has 0 radical (unpaired) electrons. The number of para-hydroxylation sites is 2. The molecule has 0 atom stereocenters. The summed E-state index contributed by atoms with van der Waals surface area (Å²) in [5, 5.41) is 6.79. The van der Waals surface area contributed by atoms with Crippen molar-refractivity contribution in [3.63, 3.8) is 0 Å². The Balaban J connectivity index is 1.94. The van der Waals surface area contributed by atoms with E-state index < -0.39 is 33.6 Å². The Morgan fingerprint density at radius 2 is 1.92 bits per heavy atom. The van der Waals surface area contributed by atoms with Crippen LogP contribution in [0.4, 0.5) is 5.69 Å². The Kier molecular flexibility index (Phi) is 5.21. The smallest absolute Gasteiger partial charge is 0.374 e. The van der Waals surface area contributed by atoms with E-state index in [0.717, 1.165) is 12.1 Å². The number of primary sulfonamides is 1. The van der Waals surface area contributed by atoms with Crippen molar-refractivity contribution in [1.29, 1.82) is 0 Å². The average Bonchev–Trinajstić information content (AvgIpc) is 3.03. The van der Waals surface area contributed by atoms with E-state index in [-0.39, 0.29) is 5.76 Å². The van der Waals surface area contributed by atoms with Crippen LogP contribution in [0.3, 0.4) is 0 Å². The predicted molar refractivity (Wildman–Crippen MR) is 82.0 cm³/mol. The van der Waals surface area contributed by atoms with E-state index >= 15 is 0 Å². The number of methoxy groups -OCH3 is 1. The molecule has 1 amide bonds. The largest absolute Gasteiger partial charge is 0.495 e. The van der Waals surface area contributed by atoms with Crippen LogP contribution >= 0.6 is 0 Å². The van der Waals surface area contributed by atoms with E-state index in [1.165, 1.54) is 7.11 Å². The standard InChI is InChI=1S/C14H14N2O7S/c1-21-10-5-3-2-4-9(10)16-12(17)8-22-14(18)11-6-7-13(23-11)24(15,19)20/h2-7H,8H2,1H3,(H,16,17)(H2,15,19,20). The first-order valence-electron chi connectivity index (χ1n) is 6.54. The first kappa shape index (κ1) is 17.5. The number of amides is 1. The van der Waals surface area contributed by atoms with Crippen LogP contribution in [-0.4, -0.2) is 34.0 Å². The van der Waals surface area contributed by atoms with Crippen LogP contribution in [0.15, 0.2) is 45.9 Å². The maximum absolute atomic E-state index is 11.8. The number of esters is 1. The number of hydrogen-bond acceptors (Lipinski definition) is 7. The molecule has 0 aliphatic heterocycles. The number of carbonyl (C=O) groups excluding carboxylic acids is 2. The molecule has 3 N–H and O–H groups in total. The van der Waals surface area contributed by atoms with E-state index in [1.807, 2.05) is 0 Å². The van der Waals surface area contributed by atoms with Crippen molar-refractivity contribution >= 4 is 27.6 Å². The number of hydrogen-bond donors (Lipinski definition) is 2. The number of sulfonamides is 1. The van der Waals surface area contributed by atoms with Gasteiger partial charge in [-0.3, -0.25) is 4.79 Å². The van der Waals surface area contributed by atoms with Crippen molar-refractivity contribution in [3.8, 4) is 5.75 Å². The van der Waals surface area contributed by atoms with Crippen LogP contribution < -0.4 is 15.2 Å². The molecule has 2 aromatic rings. The third-order valence-corrected chi connectivity index (χ3v) is 3.56. The van der Waals surface area contributed by atoms with Gasteiger partial charge in [0.25, 0.3) is 15.9 Å². The van der Waals surface area contributed by atoms with Gasteiger partial charge in [0.15, 0.2) is 6.61 Å². The van der Waals surface area contributed by atoms with Crippen LogP contribution in [0.5, 0.6) is 5.75 Å². The molecule has 0 saturated heterocycles. The summed E-state index contributed by atoms with van der Waals surface area (Å²) in [4.78, 5) is 23.5. The Morgan fingerprint density at radius 3 is 2.54 bits per heavy atom. The number of ether oxygens (including phenoxy) is 2. The van der Waals surface area contributed by atoms with Crippen molar-refractivity contribution < 1.29 is 31.9 Å². The second-order valence-electron chi connectivity index (χ2n) is 4.49. The van der Waals surface area contributed by atoms with Gasteiger partial charge in [-0.25, -0.2) is 18.4 Å². The summed E-state index contributed by atoms with van der Waals surface area (Å²) in [5.41, 5.74) is 0.413. The quantitative estimate of drug-likeness (QED) is 0.729. The average molecular weight is 354 g/mol. The van der Waals surface area contributed by atoms with E-state index in [1.54, 1.807) is 24.3 Å². The number of nitrogens with two attached hydrogens (primary N) is 1. The number of rotatable bonds is 6. The zero-order valence-electron chi connectivity index (χ0n) is 12.5. The molecular weight excluding hydrogens is 340 g/mol. The van der Waals surface area contributed by atoms with Crippen molar-refractivity contribution in [3.05, 3.63) is 42.2 Å². The van der Waals surface area contributed by atoms with Crippen LogP contribution in [0, 0.1) is 0 Å². The number of nitrogens with one attached hydrogen (secondary N) is 1. The highest BCUT2D eigenvalue weighted by Gasteiger charge is 2.19. The molecule has 2 rings (SSSR count). The van der Waals surface area contributed by atoms with E-state index in [9.17, 15) is 18.0 Å². The fraction of sp³-hybridized carbons (Fsp3) is 0.143. The molecule has 24 heavy (non-hydrogen) atoms. The molecule has 1 heterocycles. The third-order valence-electron chi connectivity index (χ3n) is 2.78. The molecule has 0 fully saturated rings. The lowest BCUT2D eigenvalue weighted by Crippen LogP contribution is -2.21. The molecule has 10 heteroatoms. The Hall–Kier alpha value is -2.85. The van der Waals surface area contributed by atoms with Gasteiger partial charge in [-0.1, -0.05) is 12.1 Å². The lowest BCUT2D eigenvalue weighted by Gasteiger charge is -2.09. The fourth-order valence-electron chi connectivity index (χ4n) is 1.72. The monoisotopic (exact) mass is 354 g/mol. The fourth-order valence-corrected chi connectivity index (χ4v) is 2.18. The SMILES string of the molecule is COc1ccccc1NC(=O)COC(=O)c1ccc(S(N)(=O)=O)o1. The van der Waals surface area contributed by atoms with E-state index in [2.05, 4.69) is 5.32 Å². The van der Waals surface area contributed by atoms with Gasteiger partial charge < -0.3 is 19.2 Å². The molecule has 1 aromatic heterocycles. The Morgan fingerprint density at radius 1 is 1.21 bits per heavy atom. The molecule has 1 aromatic carbocycles. The summed E-state index contributed by atoms with van der Waals surface area (Å²) in [5.74, 6) is -1.55. The minimum absolute atomic E-state index is 0.385. The summed E-state index contributed by atoms with van der Waals surface area (Å²) < 4.78 is 36.7. The topological polar surface area (TPSA) is 138 Å². The maximum atomic E-state index is 11.8. The van der Waals surface area contributed by atoms with Gasteiger partial charge in [0, 0.05) is 0 Å². The van der Waals surface area contributed by atoms with Gasteiger partial charge in [-0.15, -0.1) is 0 Å². The molecule has 0 bridgehead atoms. The molecule has 0 unspecified atom stereocenters. The molecule has 0 saturated carbocycles. The van der Waals surface area contributed by atoms with Crippen molar-refractivity contribution in [1.82, 2.24) is 0 Å². The van der Waals surface area contributed by atoms with Crippen molar-refractivity contribution in [2.75, 3.05) is 19.0 Å². The summed E-state index contributed by atoms with van der Waals surface area (Å²) in [6.07, 6.45) is 0. The third kappa shape index (κ3) is 4.33. The summed E-state index contributed by atoms with van der Waals surface area (Å²) >= 11 is 0. The van der Waals surface area contributed by atoms with Crippen LogP contribution in [0.2, 0.25) is 0 Å². The predicted octanol–water partition coefficient (Wildman–Crippen LogP) is 0.731. The lowest BCUT2D eigenvalue weighted by molar-refractivity contribution is -0.119. The van der Waals surface area contributed by atoms with Crippen LogP contribution in [0.1, 0.15) is 10.6 Å². The number of carbonyl (C=O) groups is 2. The summed E-state index contributed by atoms with van der Waals surface area (Å²) in [6, 6.07) is 8.79. The molecule has 0 aliphatic carbocycles. The molecule has 0 spiro atoms. The second-order valence-corrected chi connectivity index (χ2v) is 5.98. The van der Waals surface area contributed by atoms with Gasteiger partial charge in [0.05, 0.1) is 12.8 Å². The molecule has 0 aliphatic rings. The summed E-state index contributed by atoms with van der Waals surface area (Å²) in [6.45, 7) is -0.595. The highest BCUT2D eigenvalue weighted by Crippen LogP contribution is 2.22. The lowest BCUT2D eigenvalue weighted by atomic mass is 10.3. The number of benzene rings is 1. The molecular formula is C14H14N2O7S. The maximum Gasteiger partial charge on any atom is 0.374 e. The minimum atomic E-state index is -4.06. The Labute approximate surface area is 137 Å². The van der Waals surface area contributed by atoms with Gasteiger partial charge in [0.2, 0.25) is 10.9 Å². The van der Waals surface area contributed by atoms with Gasteiger partial charge in [-0.2, -0.15) is 0 Å². The van der Waals surface area contributed by atoms with E-state index in [4.69, 9.17) is 19.0 Å². The number of furan rings is 1. The van der Waals surface area contributed by atoms with Crippen molar-refractivity contribution in [2.24, 2.45) is 5.14 Å². The molecule has 128 valence electrons. The zero-order valence-corrected chi connectivity index (χ0v) is 13.3. The van der Waals surface area contributed by atoms with Gasteiger partial charge in [-0.05, 0) is 24.3 Å². The zero-order chi connectivity index (χ0) is 17.7. The van der Waals surface area contributed by atoms with Gasteiger partial charge in [0.1, 0.15) is 5.75 Å². The highest BCUT2D eigenvalue weighted by atomic mass is 32.2. The second kappa shape index (κ2) is 7.15. The van der Waals surface area contributed by atoms with Crippen molar-refractivity contribution in [2.45, 2.75) is 5.09 Å². The minimum Gasteiger partial charge on any atom is -0.495 e. The summed E-state index contributed by atoms with van der Waals surface area (Å²) in [7, 11) is -2.61. The molecule has 9 nitrogen and oxygen atoms in total. The van der Waals surface area contributed by atoms with Gasteiger partial charge >= 0.3 is 5.97 Å².